The molecule has 1 aromatic rings. The van der Waals surface area contributed by atoms with Crippen LogP contribution in [0.25, 0.3) is 0 Å². The number of hydrogen-bond acceptors (Lipinski definition) is 1. The molecular formula is C17H27NO. The molecule has 0 aliphatic heterocycles. The lowest BCUT2D eigenvalue weighted by atomic mass is 9.86. The minimum Gasteiger partial charge on any atom is -0.339 e. The van der Waals surface area contributed by atoms with Gasteiger partial charge in [0.15, 0.2) is 0 Å². The van der Waals surface area contributed by atoms with Gasteiger partial charge >= 0.3 is 0 Å². The number of amides is 1. The van der Waals surface area contributed by atoms with E-state index < -0.39 is 0 Å². The minimum absolute atomic E-state index is 0.133. The molecule has 0 spiro atoms. The zero-order valence-electron chi connectivity index (χ0n) is 13.0. The lowest BCUT2D eigenvalue weighted by molar-refractivity contribution is 0.0755. The van der Waals surface area contributed by atoms with Crippen molar-refractivity contribution in [2.75, 3.05) is 13.1 Å². The van der Waals surface area contributed by atoms with E-state index in [9.17, 15) is 4.79 Å². The molecule has 0 saturated carbocycles. The number of carbonyl (C=O) groups is 1. The first-order valence-corrected chi connectivity index (χ1v) is 7.30. The van der Waals surface area contributed by atoms with Gasteiger partial charge in [0, 0.05) is 18.7 Å². The molecule has 0 unspecified atom stereocenters. The SMILES string of the molecule is CCCN(CCC)C(=O)c1ccc(C(C)(C)C)cc1. The molecule has 0 aliphatic carbocycles. The van der Waals surface area contributed by atoms with E-state index in [0.717, 1.165) is 31.5 Å². The molecule has 0 radical (unpaired) electrons. The van der Waals surface area contributed by atoms with E-state index >= 15 is 0 Å². The molecule has 0 N–H and O–H groups in total. The van der Waals surface area contributed by atoms with Crippen LogP contribution in [0.15, 0.2) is 24.3 Å². The van der Waals surface area contributed by atoms with E-state index in [-0.39, 0.29) is 11.3 Å². The molecule has 0 bridgehead atoms. The quantitative estimate of drug-likeness (QED) is 0.776. The molecule has 0 aliphatic rings. The van der Waals surface area contributed by atoms with E-state index in [4.69, 9.17) is 0 Å². The van der Waals surface area contributed by atoms with Crippen LogP contribution in [0.4, 0.5) is 0 Å². The molecule has 0 atom stereocenters. The van der Waals surface area contributed by atoms with Gasteiger partial charge in [-0.25, -0.2) is 0 Å². The maximum absolute atomic E-state index is 12.4. The normalized spacial score (nSPS) is 11.4. The minimum atomic E-state index is 0.133. The van der Waals surface area contributed by atoms with Gasteiger partial charge in [-0.05, 0) is 36.0 Å². The molecule has 1 rings (SSSR count). The molecule has 0 fully saturated rings. The largest absolute Gasteiger partial charge is 0.339 e. The van der Waals surface area contributed by atoms with Crippen LogP contribution in [0.5, 0.6) is 0 Å². The molecule has 0 aromatic heterocycles. The Labute approximate surface area is 117 Å². The van der Waals surface area contributed by atoms with E-state index in [0.29, 0.717) is 0 Å². The Bertz CT molecular complexity index is 394. The highest BCUT2D eigenvalue weighted by atomic mass is 16.2. The second kappa shape index (κ2) is 6.74. The highest BCUT2D eigenvalue weighted by Crippen LogP contribution is 2.22. The van der Waals surface area contributed by atoms with E-state index in [1.165, 1.54) is 5.56 Å². The second-order valence-electron chi connectivity index (χ2n) is 6.12. The molecule has 0 saturated heterocycles. The number of rotatable bonds is 5. The zero-order chi connectivity index (χ0) is 14.5. The van der Waals surface area contributed by atoms with Gasteiger partial charge in [-0.15, -0.1) is 0 Å². The van der Waals surface area contributed by atoms with E-state index in [2.05, 4.69) is 46.8 Å². The van der Waals surface area contributed by atoms with Gasteiger partial charge in [0.05, 0.1) is 0 Å². The maximum atomic E-state index is 12.4. The lowest BCUT2D eigenvalue weighted by Crippen LogP contribution is -2.32. The summed E-state index contributed by atoms with van der Waals surface area (Å²) in [6, 6.07) is 8.06. The van der Waals surface area contributed by atoms with Crippen molar-refractivity contribution in [3.63, 3.8) is 0 Å². The monoisotopic (exact) mass is 261 g/mol. The summed E-state index contributed by atoms with van der Waals surface area (Å²) < 4.78 is 0. The van der Waals surface area contributed by atoms with Crippen molar-refractivity contribution in [1.29, 1.82) is 0 Å². The van der Waals surface area contributed by atoms with Crippen LogP contribution in [0, 0.1) is 0 Å². The Morgan fingerprint density at radius 2 is 1.47 bits per heavy atom. The van der Waals surface area contributed by atoms with Crippen LogP contribution in [0.1, 0.15) is 63.4 Å². The zero-order valence-corrected chi connectivity index (χ0v) is 13.0. The van der Waals surface area contributed by atoms with Gasteiger partial charge in [-0.1, -0.05) is 46.8 Å². The highest BCUT2D eigenvalue weighted by molar-refractivity contribution is 5.94. The van der Waals surface area contributed by atoms with Crippen molar-refractivity contribution >= 4 is 5.91 Å². The van der Waals surface area contributed by atoms with Crippen molar-refractivity contribution in [1.82, 2.24) is 4.90 Å². The molecule has 2 nitrogen and oxygen atoms in total. The summed E-state index contributed by atoms with van der Waals surface area (Å²) in [6.45, 7) is 12.5. The third-order valence-corrected chi connectivity index (χ3v) is 3.27. The summed E-state index contributed by atoms with van der Waals surface area (Å²) in [5.74, 6) is 0.157. The Hall–Kier alpha value is -1.31. The van der Waals surface area contributed by atoms with Gasteiger partial charge in [0.25, 0.3) is 5.91 Å². The average Bonchev–Trinajstić information content (AvgIpc) is 2.37. The van der Waals surface area contributed by atoms with Crippen molar-refractivity contribution < 1.29 is 4.79 Å². The van der Waals surface area contributed by atoms with Gasteiger partial charge in [0.1, 0.15) is 0 Å². The van der Waals surface area contributed by atoms with Crippen LogP contribution >= 0.6 is 0 Å². The van der Waals surface area contributed by atoms with E-state index in [1.54, 1.807) is 0 Å². The van der Waals surface area contributed by atoms with Crippen molar-refractivity contribution in [2.24, 2.45) is 0 Å². The molecule has 1 aromatic carbocycles. The van der Waals surface area contributed by atoms with Crippen LogP contribution in [0.2, 0.25) is 0 Å². The summed E-state index contributed by atoms with van der Waals surface area (Å²) in [5.41, 5.74) is 2.20. The molecule has 1 amide bonds. The number of hydrogen-bond donors (Lipinski definition) is 0. The second-order valence-corrected chi connectivity index (χ2v) is 6.12. The summed E-state index contributed by atoms with van der Waals surface area (Å²) in [5, 5.41) is 0. The predicted molar refractivity (Wildman–Crippen MR) is 81.6 cm³/mol. The average molecular weight is 261 g/mol. The molecule has 2 heteroatoms. The van der Waals surface area contributed by atoms with E-state index in [1.807, 2.05) is 17.0 Å². The third-order valence-electron chi connectivity index (χ3n) is 3.27. The number of carbonyl (C=O) groups excluding carboxylic acids is 1. The van der Waals surface area contributed by atoms with Gasteiger partial charge in [-0.3, -0.25) is 4.79 Å². The fourth-order valence-electron chi connectivity index (χ4n) is 2.15. The Balaban J connectivity index is 2.87. The lowest BCUT2D eigenvalue weighted by Gasteiger charge is -2.23. The Morgan fingerprint density at radius 3 is 1.84 bits per heavy atom. The summed E-state index contributed by atoms with van der Waals surface area (Å²) in [4.78, 5) is 14.4. The standard InChI is InChI=1S/C17H27NO/c1-6-12-18(13-7-2)16(19)14-8-10-15(11-9-14)17(3,4)5/h8-11H,6-7,12-13H2,1-5H3. The van der Waals surface area contributed by atoms with Gasteiger partial charge < -0.3 is 4.90 Å². The third kappa shape index (κ3) is 4.38. The Kier molecular flexibility index (Phi) is 5.59. The fraction of sp³-hybridized carbons (Fsp3) is 0.588. The van der Waals surface area contributed by atoms with Gasteiger partial charge in [-0.2, -0.15) is 0 Å². The fourth-order valence-corrected chi connectivity index (χ4v) is 2.15. The van der Waals surface area contributed by atoms with Crippen LogP contribution < -0.4 is 0 Å². The molecule has 19 heavy (non-hydrogen) atoms. The van der Waals surface area contributed by atoms with Crippen molar-refractivity contribution in [2.45, 2.75) is 52.9 Å². The topological polar surface area (TPSA) is 20.3 Å². The Morgan fingerprint density at radius 1 is 1.00 bits per heavy atom. The summed E-state index contributed by atoms with van der Waals surface area (Å²) >= 11 is 0. The number of nitrogens with zero attached hydrogens (tertiary/aromatic N) is 1. The van der Waals surface area contributed by atoms with Crippen LogP contribution in [-0.2, 0) is 5.41 Å². The first-order chi connectivity index (χ1) is 8.90. The van der Waals surface area contributed by atoms with Gasteiger partial charge in [0.2, 0.25) is 0 Å². The molecular weight excluding hydrogens is 234 g/mol. The highest BCUT2D eigenvalue weighted by Gasteiger charge is 2.17. The molecule has 106 valence electrons. The smallest absolute Gasteiger partial charge is 0.253 e. The molecule has 0 heterocycles. The first kappa shape index (κ1) is 15.7. The van der Waals surface area contributed by atoms with Crippen LogP contribution in [0.3, 0.4) is 0 Å². The van der Waals surface area contributed by atoms with Crippen molar-refractivity contribution in [3.8, 4) is 0 Å². The summed E-state index contributed by atoms with van der Waals surface area (Å²) in [6.07, 6.45) is 2.01. The number of benzene rings is 1. The predicted octanol–water partition coefficient (Wildman–Crippen LogP) is 4.25. The summed E-state index contributed by atoms with van der Waals surface area (Å²) in [7, 11) is 0. The van der Waals surface area contributed by atoms with Crippen molar-refractivity contribution in [3.05, 3.63) is 35.4 Å². The first-order valence-electron chi connectivity index (χ1n) is 7.30. The van der Waals surface area contributed by atoms with Crippen LogP contribution in [-0.4, -0.2) is 23.9 Å². The maximum Gasteiger partial charge on any atom is 0.253 e.